The first kappa shape index (κ1) is 22.8. The number of anilines is 1. The van der Waals surface area contributed by atoms with E-state index in [0.717, 1.165) is 28.1 Å². The molecule has 6 nitrogen and oxygen atoms in total. The summed E-state index contributed by atoms with van der Waals surface area (Å²) >= 11 is 7.86. The molecule has 0 saturated carbocycles. The maximum atomic E-state index is 13.7. The van der Waals surface area contributed by atoms with Gasteiger partial charge in [-0.05, 0) is 54.6 Å². The van der Waals surface area contributed by atoms with E-state index in [1.165, 1.54) is 4.88 Å². The first-order valence-corrected chi connectivity index (χ1v) is 12.9. The molecule has 0 fully saturated rings. The average molecular weight is 516 g/mol. The highest BCUT2D eigenvalue weighted by Gasteiger charge is 2.41. The number of carboxylic acids is 1. The maximum absolute atomic E-state index is 13.7. The fraction of sp³-hybridized carbons (Fsp3) is 0.179. The molecule has 2 aromatic heterocycles. The first-order chi connectivity index (χ1) is 17.4. The van der Waals surface area contributed by atoms with Gasteiger partial charge in [0.05, 0.1) is 16.9 Å². The number of hydrogen-bond donors (Lipinski definition) is 2. The van der Waals surface area contributed by atoms with Crippen LogP contribution in [0.4, 0.5) is 5.82 Å². The number of benzene rings is 2. The topological polar surface area (TPSA) is 84.2 Å². The Labute approximate surface area is 216 Å². The molecule has 180 valence electrons. The van der Waals surface area contributed by atoms with Gasteiger partial charge in [-0.25, -0.2) is 9.48 Å². The summed E-state index contributed by atoms with van der Waals surface area (Å²) in [5.41, 5.74) is 4.81. The third-order valence-corrected chi connectivity index (χ3v) is 8.26. The monoisotopic (exact) mass is 515 g/mol. The molecule has 2 aromatic carbocycles. The van der Waals surface area contributed by atoms with Gasteiger partial charge < -0.3 is 10.4 Å². The molecule has 0 spiro atoms. The molecule has 2 N–H and O–H groups in total. The molecule has 2 unspecified atom stereocenters. The quantitative estimate of drug-likeness (QED) is 0.322. The average Bonchev–Trinajstić information content (AvgIpc) is 3.52. The second kappa shape index (κ2) is 8.76. The largest absolute Gasteiger partial charge is 0.478 e. The lowest BCUT2D eigenvalue weighted by Crippen LogP contribution is -2.30. The number of ketones is 1. The summed E-state index contributed by atoms with van der Waals surface area (Å²) < 4.78 is 1.67. The lowest BCUT2D eigenvalue weighted by molar-refractivity contribution is -0.116. The van der Waals surface area contributed by atoms with Crippen LogP contribution in [0.1, 0.15) is 56.7 Å². The van der Waals surface area contributed by atoms with Crippen molar-refractivity contribution in [3.05, 3.63) is 110 Å². The van der Waals surface area contributed by atoms with Crippen LogP contribution in [0.3, 0.4) is 0 Å². The molecule has 36 heavy (non-hydrogen) atoms. The van der Waals surface area contributed by atoms with Crippen LogP contribution in [0.2, 0.25) is 5.02 Å². The number of fused-ring (bicyclic) bond motifs is 1. The van der Waals surface area contributed by atoms with E-state index >= 15 is 0 Å². The van der Waals surface area contributed by atoms with E-state index in [1.54, 1.807) is 40.3 Å². The van der Waals surface area contributed by atoms with Gasteiger partial charge in [0.1, 0.15) is 5.82 Å². The van der Waals surface area contributed by atoms with Crippen molar-refractivity contribution >= 4 is 40.5 Å². The zero-order chi connectivity index (χ0) is 25.0. The number of halogens is 1. The standard InChI is InChI=1S/C28H22ClN3O3S/c1-15-24-25(16-8-10-18(29)11-9-16)26-20(13-17(14-22(26)33)23-7-4-12-36-23)30-27(24)32(31-15)21-6-3-2-5-19(21)28(34)35/h2-12,17,25,30H,13-14H2,1H3,(H,34,35). The number of para-hydroxylation sites is 1. The van der Waals surface area contributed by atoms with Gasteiger partial charge in [-0.2, -0.15) is 5.10 Å². The highest BCUT2D eigenvalue weighted by molar-refractivity contribution is 7.10. The molecule has 2 atom stereocenters. The normalized spacial score (nSPS) is 19.0. The predicted molar refractivity (Wildman–Crippen MR) is 141 cm³/mol. The van der Waals surface area contributed by atoms with Crippen molar-refractivity contribution in [2.75, 3.05) is 5.32 Å². The number of allylic oxidation sites excluding steroid dienone is 2. The number of aromatic nitrogens is 2. The van der Waals surface area contributed by atoms with Gasteiger partial charge in [-0.3, -0.25) is 4.79 Å². The van der Waals surface area contributed by atoms with Crippen LogP contribution in [0.5, 0.6) is 0 Å². The number of aromatic carboxylic acids is 1. The molecule has 2 aliphatic rings. The van der Waals surface area contributed by atoms with Crippen molar-refractivity contribution in [2.24, 2.45) is 0 Å². The van der Waals surface area contributed by atoms with Crippen molar-refractivity contribution in [1.82, 2.24) is 9.78 Å². The van der Waals surface area contributed by atoms with Crippen LogP contribution < -0.4 is 5.32 Å². The fourth-order valence-corrected chi connectivity index (χ4v) is 6.36. The van der Waals surface area contributed by atoms with E-state index in [2.05, 4.69) is 11.4 Å². The fourth-order valence-electron chi connectivity index (χ4n) is 5.40. The number of carbonyl (C=O) groups is 2. The Morgan fingerprint density at radius 3 is 2.61 bits per heavy atom. The number of aryl methyl sites for hydroxylation is 1. The van der Waals surface area contributed by atoms with E-state index in [0.29, 0.717) is 29.4 Å². The summed E-state index contributed by atoms with van der Waals surface area (Å²) in [5, 5.41) is 20.8. The third kappa shape index (κ3) is 3.67. The lowest BCUT2D eigenvalue weighted by Gasteiger charge is -2.35. The molecule has 0 bridgehead atoms. The van der Waals surface area contributed by atoms with Gasteiger partial charge in [0.2, 0.25) is 0 Å². The SMILES string of the molecule is Cc1nn(-c2ccccc2C(=O)O)c2c1C(c1ccc(Cl)cc1)C1=C(CC(c3cccs3)CC1=O)N2. The van der Waals surface area contributed by atoms with Crippen molar-refractivity contribution in [3.8, 4) is 5.69 Å². The zero-order valence-corrected chi connectivity index (χ0v) is 20.9. The van der Waals surface area contributed by atoms with Crippen LogP contribution in [0.25, 0.3) is 5.69 Å². The third-order valence-electron chi connectivity index (χ3n) is 6.97. The van der Waals surface area contributed by atoms with E-state index < -0.39 is 5.97 Å². The van der Waals surface area contributed by atoms with Crippen LogP contribution in [0, 0.1) is 6.92 Å². The minimum Gasteiger partial charge on any atom is -0.478 e. The molecule has 0 radical (unpaired) electrons. The highest BCUT2D eigenvalue weighted by Crippen LogP contribution is 2.50. The Morgan fingerprint density at radius 2 is 1.89 bits per heavy atom. The van der Waals surface area contributed by atoms with Crippen molar-refractivity contribution in [3.63, 3.8) is 0 Å². The van der Waals surface area contributed by atoms with E-state index in [9.17, 15) is 14.7 Å². The van der Waals surface area contributed by atoms with Gasteiger partial charge in [0.25, 0.3) is 0 Å². The summed E-state index contributed by atoms with van der Waals surface area (Å²) in [7, 11) is 0. The Morgan fingerprint density at radius 1 is 1.11 bits per heavy atom. The number of rotatable bonds is 4. The smallest absolute Gasteiger partial charge is 0.337 e. The van der Waals surface area contributed by atoms with Crippen LogP contribution >= 0.6 is 22.9 Å². The molecule has 0 saturated heterocycles. The lowest BCUT2D eigenvalue weighted by atomic mass is 9.73. The summed E-state index contributed by atoms with van der Waals surface area (Å²) in [4.78, 5) is 26.9. The molecule has 6 rings (SSSR count). The minimum absolute atomic E-state index is 0.0972. The van der Waals surface area contributed by atoms with Gasteiger partial charge in [0, 0.05) is 45.0 Å². The van der Waals surface area contributed by atoms with Crippen molar-refractivity contribution in [1.29, 1.82) is 0 Å². The first-order valence-electron chi connectivity index (χ1n) is 11.7. The summed E-state index contributed by atoms with van der Waals surface area (Å²) in [6.07, 6.45) is 1.14. The molecule has 3 heterocycles. The van der Waals surface area contributed by atoms with Gasteiger partial charge >= 0.3 is 5.97 Å². The molecular weight excluding hydrogens is 494 g/mol. The van der Waals surface area contributed by atoms with Crippen molar-refractivity contribution in [2.45, 2.75) is 31.6 Å². The molecule has 4 aromatic rings. The van der Waals surface area contributed by atoms with Gasteiger partial charge in [-0.1, -0.05) is 41.9 Å². The number of thiophene rings is 1. The van der Waals surface area contributed by atoms with E-state index in [1.807, 2.05) is 42.6 Å². The molecule has 0 amide bonds. The summed E-state index contributed by atoms with van der Waals surface area (Å²) in [6.45, 7) is 1.90. The van der Waals surface area contributed by atoms with Gasteiger partial charge in [-0.15, -0.1) is 11.3 Å². The molecule has 8 heteroatoms. The second-order valence-electron chi connectivity index (χ2n) is 9.13. The Bertz CT molecular complexity index is 1540. The molecule has 1 aliphatic heterocycles. The number of nitrogens with one attached hydrogen (secondary N) is 1. The number of hydrogen-bond acceptors (Lipinski definition) is 5. The number of Topliss-reactive ketones (excluding diaryl/α,β-unsaturated/α-hetero) is 1. The Balaban J connectivity index is 1.56. The predicted octanol–water partition coefficient (Wildman–Crippen LogP) is 6.55. The molecular formula is C28H22ClN3O3S. The van der Waals surface area contributed by atoms with Crippen LogP contribution in [-0.2, 0) is 4.79 Å². The van der Waals surface area contributed by atoms with E-state index in [-0.39, 0.29) is 23.2 Å². The van der Waals surface area contributed by atoms with E-state index in [4.69, 9.17) is 16.7 Å². The number of carbonyl (C=O) groups excluding carboxylic acids is 1. The van der Waals surface area contributed by atoms with Crippen LogP contribution in [0.15, 0.2) is 77.3 Å². The van der Waals surface area contributed by atoms with Gasteiger partial charge in [0.15, 0.2) is 5.78 Å². The highest BCUT2D eigenvalue weighted by atomic mass is 35.5. The summed E-state index contributed by atoms with van der Waals surface area (Å²) in [6, 6.07) is 18.5. The second-order valence-corrected chi connectivity index (χ2v) is 10.5. The van der Waals surface area contributed by atoms with Crippen molar-refractivity contribution < 1.29 is 14.7 Å². The number of nitrogens with zero attached hydrogens (tertiary/aromatic N) is 2. The molecule has 1 aliphatic carbocycles. The number of carboxylic acid groups (broad SMARTS) is 1. The maximum Gasteiger partial charge on any atom is 0.337 e. The zero-order valence-electron chi connectivity index (χ0n) is 19.4. The Hall–Kier alpha value is -3.68. The van der Waals surface area contributed by atoms with Crippen LogP contribution in [-0.4, -0.2) is 26.6 Å². The Kier molecular flexibility index (Phi) is 5.54. The summed E-state index contributed by atoms with van der Waals surface area (Å²) in [5.74, 6) is -0.440. The minimum atomic E-state index is -1.02.